The summed E-state index contributed by atoms with van der Waals surface area (Å²) in [6.45, 7) is 1.06. The lowest BCUT2D eigenvalue weighted by Crippen LogP contribution is -2.23. The average Bonchev–Trinajstić information content (AvgIpc) is 3.23. The van der Waals surface area contributed by atoms with Crippen LogP contribution in [0.2, 0.25) is 5.02 Å². The molecule has 10 nitrogen and oxygen atoms in total. The van der Waals surface area contributed by atoms with Crippen molar-refractivity contribution in [2.75, 3.05) is 5.32 Å². The van der Waals surface area contributed by atoms with Crippen LogP contribution in [0.1, 0.15) is 12.8 Å². The number of hydrogen-bond acceptors (Lipinski definition) is 9. The van der Waals surface area contributed by atoms with Crippen molar-refractivity contribution in [1.29, 1.82) is 0 Å². The van der Waals surface area contributed by atoms with E-state index in [1.165, 1.54) is 6.92 Å². The van der Waals surface area contributed by atoms with Crippen LogP contribution < -0.4 is 10.0 Å². The maximum atomic E-state index is 12.2. The molecule has 2 N–H and O–H groups in total. The molecular weight excluding hydrogens is 404 g/mol. The molecule has 1 aromatic carbocycles. The van der Waals surface area contributed by atoms with E-state index in [1.807, 2.05) is 0 Å². The van der Waals surface area contributed by atoms with Crippen molar-refractivity contribution in [1.82, 2.24) is 25.1 Å². The molecule has 0 aliphatic heterocycles. The standard InChI is InChI=1S/C13H11ClN6O4S2/c1-7(21)16-12-18-19-13(25-12)26(22,23)15-6-10-17-11(20-24-10)8-2-4-9(14)5-3-8/h2-5,15H,6H2,1H3,(H,16,18,21). The average molecular weight is 415 g/mol. The minimum atomic E-state index is -3.94. The highest BCUT2D eigenvalue weighted by atomic mass is 35.5. The molecule has 3 aromatic rings. The molecule has 0 unspecified atom stereocenters. The van der Waals surface area contributed by atoms with Gasteiger partial charge in [0.25, 0.3) is 10.0 Å². The van der Waals surface area contributed by atoms with E-state index in [0.29, 0.717) is 16.4 Å². The SMILES string of the molecule is CC(=O)Nc1nnc(S(=O)(=O)NCc2nc(-c3ccc(Cl)cc3)no2)s1. The molecule has 13 heteroatoms. The molecule has 2 aromatic heterocycles. The Labute approximate surface area is 156 Å². The fraction of sp³-hybridized carbons (Fsp3) is 0.154. The number of anilines is 1. The third-order valence-electron chi connectivity index (χ3n) is 2.90. The van der Waals surface area contributed by atoms with Gasteiger partial charge >= 0.3 is 0 Å². The summed E-state index contributed by atoms with van der Waals surface area (Å²) >= 11 is 6.54. The Morgan fingerprint density at radius 3 is 2.69 bits per heavy atom. The molecule has 136 valence electrons. The monoisotopic (exact) mass is 414 g/mol. The van der Waals surface area contributed by atoms with Gasteiger partial charge in [-0.2, -0.15) is 9.71 Å². The fourth-order valence-corrected chi connectivity index (χ4v) is 3.87. The molecule has 2 heterocycles. The summed E-state index contributed by atoms with van der Waals surface area (Å²) in [5, 5.41) is 13.9. The van der Waals surface area contributed by atoms with E-state index in [4.69, 9.17) is 16.1 Å². The van der Waals surface area contributed by atoms with Crippen LogP contribution in [-0.2, 0) is 21.4 Å². The highest BCUT2D eigenvalue weighted by molar-refractivity contribution is 7.91. The van der Waals surface area contributed by atoms with Crippen molar-refractivity contribution in [3.05, 3.63) is 35.2 Å². The van der Waals surface area contributed by atoms with Crippen LogP contribution in [0.4, 0.5) is 5.13 Å². The van der Waals surface area contributed by atoms with Crippen molar-refractivity contribution in [2.45, 2.75) is 17.8 Å². The van der Waals surface area contributed by atoms with E-state index in [0.717, 1.165) is 11.3 Å². The minimum Gasteiger partial charge on any atom is -0.338 e. The number of carbonyl (C=O) groups is 1. The molecule has 0 atom stereocenters. The quantitative estimate of drug-likeness (QED) is 0.580. The van der Waals surface area contributed by atoms with Crippen molar-refractivity contribution in [3.8, 4) is 11.4 Å². The first-order valence-electron chi connectivity index (χ1n) is 7.03. The number of nitrogens with zero attached hydrogens (tertiary/aromatic N) is 4. The van der Waals surface area contributed by atoms with Crippen molar-refractivity contribution in [3.63, 3.8) is 0 Å². The highest BCUT2D eigenvalue weighted by Crippen LogP contribution is 2.21. The van der Waals surface area contributed by atoms with Gasteiger partial charge in [-0.05, 0) is 24.3 Å². The summed E-state index contributed by atoms with van der Waals surface area (Å²) in [4.78, 5) is 15.1. The molecule has 0 radical (unpaired) electrons. The van der Waals surface area contributed by atoms with Gasteiger partial charge in [0, 0.05) is 17.5 Å². The molecule has 3 rings (SSSR count). The second-order valence-electron chi connectivity index (χ2n) is 4.90. The number of nitrogens with one attached hydrogen (secondary N) is 2. The summed E-state index contributed by atoms with van der Waals surface area (Å²) in [7, 11) is -3.94. The van der Waals surface area contributed by atoms with Gasteiger partial charge in [0.1, 0.15) is 0 Å². The Hall–Kier alpha value is -2.41. The van der Waals surface area contributed by atoms with Crippen LogP contribution in [0.25, 0.3) is 11.4 Å². The fourth-order valence-electron chi connectivity index (χ4n) is 1.78. The normalized spacial score (nSPS) is 11.5. The maximum absolute atomic E-state index is 12.2. The summed E-state index contributed by atoms with van der Waals surface area (Å²) < 4.78 is 31.4. The smallest absolute Gasteiger partial charge is 0.270 e. The zero-order valence-electron chi connectivity index (χ0n) is 13.1. The number of carbonyl (C=O) groups excluding carboxylic acids is 1. The van der Waals surface area contributed by atoms with E-state index in [2.05, 4.69) is 30.4 Å². The van der Waals surface area contributed by atoms with Crippen LogP contribution >= 0.6 is 22.9 Å². The van der Waals surface area contributed by atoms with Crippen LogP contribution in [0.5, 0.6) is 0 Å². The first kappa shape index (κ1) is 18.4. The van der Waals surface area contributed by atoms with Gasteiger partial charge in [-0.15, -0.1) is 10.2 Å². The number of sulfonamides is 1. The van der Waals surface area contributed by atoms with Crippen LogP contribution in [0.3, 0.4) is 0 Å². The van der Waals surface area contributed by atoms with Crippen molar-refractivity contribution >= 4 is 44.0 Å². The van der Waals surface area contributed by atoms with Crippen LogP contribution in [-0.4, -0.2) is 34.7 Å². The zero-order chi connectivity index (χ0) is 18.7. The predicted octanol–water partition coefficient (Wildman–Crippen LogP) is 1.68. The van der Waals surface area contributed by atoms with Crippen molar-refractivity contribution < 1.29 is 17.7 Å². The summed E-state index contributed by atoms with van der Waals surface area (Å²) in [6, 6.07) is 6.79. The molecule has 26 heavy (non-hydrogen) atoms. The zero-order valence-corrected chi connectivity index (χ0v) is 15.5. The Morgan fingerprint density at radius 2 is 2.00 bits per heavy atom. The second kappa shape index (κ2) is 7.45. The molecule has 0 saturated carbocycles. The van der Waals surface area contributed by atoms with Gasteiger partial charge in [-0.1, -0.05) is 28.1 Å². The van der Waals surface area contributed by atoms with Crippen molar-refractivity contribution in [2.24, 2.45) is 0 Å². The summed E-state index contributed by atoms with van der Waals surface area (Å²) in [6.07, 6.45) is 0. The van der Waals surface area contributed by atoms with E-state index >= 15 is 0 Å². The van der Waals surface area contributed by atoms with Crippen LogP contribution in [0, 0.1) is 0 Å². The topological polar surface area (TPSA) is 140 Å². The number of amides is 1. The third-order valence-corrected chi connectivity index (χ3v) is 5.76. The number of benzene rings is 1. The van der Waals surface area contributed by atoms with Gasteiger partial charge in [-0.3, -0.25) is 4.79 Å². The van der Waals surface area contributed by atoms with E-state index in [1.54, 1.807) is 24.3 Å². The van der Waals surface area contributed by atoms with Gasteiger partial charge in [-0.25, -0.2) is 8.42 Å². The Balaban J connectivity index is 1.67. The number of aromatic nitrogens is 4. The maximum Gasteiger partial charge on any atom is 0.270 e. The molecule has 0 fully saturated rings. The molecule has 0 aliphatic rings. The molecule has 0 bridgehead atoms. The molecular formula is C13H11ClN6O4S2. The van der Waals surface area contributed by atoms with E-state index < -0.39 is 10.0 Å². The Morgan fingerprint density at radius 1 is 1.27 bits per heavy atom. The third kappa shape index (κ3) is 4.40. The number of hydrogen-bond donors (Lipinski definition) is 2. The van der Waals surface area contributed by atoms with Gasteiger partial charge in [0.15, 0.2) is 0 Å². The lowest BCUT2D eigenvalue weighted by molar-refractivity contribution is -0.114. The lowest BCUT2D eigenvalue weighted by Gasteiger charge is -1.99. The molecule has 1 amide bonds. The number of rotatable bonds is 6. The second-order valence-corrected chi connectivity index (χ2v) is 8.25. The Bertz CT molecular complexity index is 1030. The minimum absolute atomic E-state index is 0.0742. The molecule has 0 saturated heterocycles. The largest absolute Gasteiger partial charge is 0.338 e. The number of halogens is 1. The van der Waals surface area contributed by atoms with E-state index in [9.17, 15) is 13.2 Å². The first-order chi connectivity index (χ1) is 12.3. The van der Waals surface area contributed by atoms with Crippen LogP contribution in [0.15, 0.2) is 33.1 Å². The lowest BCUT2D eigenvalue weighted by atomic mass is 10.2. The molecule has 0 aliphatic carbocycles. The van der Waals surface area contributed by atoms with E-state index in [-0.39, 0.29) is 27.8 Å². The summed E-state index contributed by atoms with van der Waals surface area (Å²) in [5.74, 6) is 0.00324. The summed E-state index contributed by atoms with van der Waals surface area (Å²) in [5.41, 5.74) is 0.677. The van der Waals surface area contributed by atoms with Gasteiger partial charge < -0.3 is 9.84 Å². The van der Waals surface area contributed by atoms with Gasteiger partial charge in [0.2, 0.25) is 27.1 Å². The first-order valence-corrected chi connectivity index (χ1v) is 9.70. The highest BCUT2D eigenvalue weighted by Gasteiger charge is 2.21. The Kier molecular flexibility index (Phi) is 5.27. The predicted molar refractivity (Wildman–Crippen MR) is 93.0 cm³/mol. The molecule has 0 spiro atoms. The van der Waals surface area contributed by atoms with Gasteiger partial charge in [0.05, 0.1) is 6.54 Å².